The van der Waals surface area contributed by atoms with Crippen LogP contribution in [0.4, 0.5) is 5.69 Å². The molecule has 0 saturated heterocycles. The molecule has 0 bridgehead atoms. The first-order valence-corrected chi connectivity index (χ1v) is 6.16. The molecule has 1 aromatic rings. The smallest absolute Gasteiger partial charge is 0.273 e. The molecule has 0 spiro atoms. The first-order chi connectivity index (χ1) is 8.70. The molecule has 0 atom stereocenters. The van der Waals surface area contributed by atoms with Crippen molar-refractivity contribution in [2.24, 2.45) is 5.92 Å². The summed E-state index contributed by atoms with van der Waals surface area (Å²) in [5.74, 6) is 1.75. The summed E-state index contributed by atoms with van der Waals surface area (Å²) >= 11 is 0. The maximum absolute atomic E-state index is 10.7. The molecule has 0 heterocycles. The molecule has 5 heteroatoms. The molecule has 0 aliphatic heterocycles. The molecule has 18 heavy (non-hydrogen) atoms. The molecule has 5 nitrogen and oxygen atoms in total. The van der Waals surface area contributed by atoms with Crippen molar-refractivity contribution in [1.29, 1.82) is 0 Å². The minimum absolute atomic E-state index is 0.0226. The summed E-state index contributed by atoms with van der Waals surface area (Å²) in [5, 5.41) is 10.7. The Labute approximate surface area is 106 Å². The summed E-state index contributed by atoms with van der Waals surface area (Å²) in [6.45, 7) is 0.586. The van der Waals surface area contributed by atoms with Crippen molar-refractivity contribution in [2.45, 2.75) is 25.7 Å². The average Bonchev–Trinajstić information content (AvgIpc) is 2.32. The van der Waals surface area contributed by atoms with Crippen molar-refractivity contribution < 1.29 is 14.4 Å². The van der Waals surface area contributed by atoms with Crippen LogP contribution in [0.15, 0.2) is 18.2 Å². The van der Waals surface area contributed by atoms with Crippen LogP contribution >= 0.6 is 0 Å². The molecular weight excluding hydrogens is 234 g/mol. The number of ether oxygens (including phenoxy) is 2. The fourth-order valence-corrected chi connectivity index (χ4v) is 2.01. The van der Waals surface area contributed by atoms with E-state index in [0.29, 0.717) is 18.1 Å². The lowest BCUT2D eigenvalue weighted by atomic mass is 9.83. The molecule has 0 amide bonds. The van der Waals surface area contributed by atoms with Gasteiger partial charge in [0.05, 0.1) is 24.7 Å². The fourth-order valence-electron chi connectivity index (χ4n) is 2.01. The van der Waals surface area contributed by atoms with Gasteiger partial charge in [0.25, 0.3) is 5.69 Å². The topological polar surface area (TPSA) is 61.6 Å². The zero-order valence-corrected chi connectivity index (χ0v) is 10.4. The second-order valence-electron chi connectivity index (χ2n) is 4.53. The largest absolute Gasteiger partial charge is 0.493 e. The third kappa shape index (κ3) is 2.91. The van der Waals surface area contributed by atoms with Gasteiger partial charge in [-0.15, -0.1) is 0 Å². The van der Waals surface area contributed by atoms with Gasteiger partial charge in [0, 0.05) is 6.07 Å². The molecule has 0 radical (unpaired) electrons. The van der Waals surface area contributed by atoms with Crippen LogP contribution in [-0.4, -0.2) is 18.6 Å². The Morgan fingerprint density at radius 1 is 1.39 bits per heavy atom. The van der Waals surface area contributed by atoms with Crippen LogP contribution < -0.4 is 9.47 Å². The van der Waals surface area contributed by atoms with E-state index in [9.17, 15) is 10.1 Å². The average molecular weight is 251 g/mol. The highest BCUT2D eigenvalue weighted by molar-refractivity contribution is 5.48. The minimum Gasteiger partial charge on any atom is -0.493 e. The standard InChI is InChI=1S/C13H17NO4/c1-17-12-6-5-11(14(15)16)9-13(12)18-8-7-10-3-2-4-10/h5-6,9-10H,2-4,7-8H2,1H3. The van der Waals surface area contributed by atoms with Gasteiger partial charge >= 0.3 is 0 Å². The van der Waals surface area contributed by atoms with E-state index >= 15 is 0 Å². The van der Waals surface area contributed by atoms with Gasteiger partial charge in [-0.1, -0.05) is 19.3 Å². The summed E-state index contributed by atoms with van der Waals surface area (Å²) in [4.78, 5) is 10.3. The molecule has 0 N–H and O–H groups in total. The summed E-state index contributed by atoms with van der Waals surface area (Å²) in [6.07, 6.45) is 4.86. The van der Waals surface area contributed by atoms with Crippen molar-refractivity contribution in [1.82, 2.24) is 0 Å². The Kier molecular flexibility index (Phi) is 4.02. The predicted molar refractivity (Wildman–Crippen MR) is 67.1 cm³/mol. The van der Waals surface area contributed by atoms with Crippen molar-refractivity contribution in [3.8, 4) is 11.5 Å². The molecular formula is C13H17NO4. The zero-order chi connectivity index (χ0) is 13.0. The summed E-state index contributed by atoms with van der Waals surface area (Å²) in [5.41, 5.74) is 0.0226. The van der Waals surface area contributed by atoms with Gasteiger partial charge in [-0.2, -0.15) is 0 Å². The zero-order valence-electron chi connectivity index (χ0n) is 10.4. The highest BCUT2D eigenvalue weighted by Crippen LogP contribution is 2.33. The van der Waals surface area contributed by atoms with E-state index in [2.05, 4.69) is 0 Å². The number of rotatable bonds is 6. The van der Waals surface area contributed by atoms with Crippen molar-refractivity contribution in [2.75, 3.05) is 13.7 Å². The van der Waals surface area contributed by atoms with Gasteiger partial charge in [-0.05, 0) is 18.4 Å². The van der Waals surface area contributed by atoms with Crippen molar-refractivity contribution in [3.05, 3.63) is 28.3 Å². The molecule has 1 saturated carbocycles. The molecule has 2 rings (SSSR count). The normalized spacial score (nSPS) is 14.9. The molecule has 0 aromatic heterocycles. The molecule has 1 aromatic carbocycles. The number of hydrogen-bond donors (Lipinski definition) is 0. The van der Waals surface area contributed by atoms with Crippen LogP contribution in [0.25, 0.3) is 0 Å². The summed E-state index contributed by atoms with van der Waals surface area (Å²) in [6, 6.07) is 4.40. The Morgan fingerprint density at radius 2 is 2.17 bits per heavy atom. The van der Waals surface area contributed by atoms with Gasteiger partial charge in [0.15, 0.2) is 11.5 Å². The first kappa shape index (κ1) is 12.7. The van der Waals surface area contributed by atoms with E-state index in [-0.39, 0.29) is 5.69 Å². The van der Waals surface area contributed by atoms with Gasteiger partial charge in [0.2, 0.25) is 0 Å². The number of methoxy groups -OCH3 is 1. The fraction of sp³-hybridized carbons (Fsp3) is 0.538. The second kappa shape index (κ2) is 5.71. The number of nitro groups is 1. The lowest BCUT2D eigenvalue weighted by Gasteiger charge is -2.25. The lowest BCUT2D eigenvalue weighted by Crippen LogP contribution is -2.14. The van der Waals surface area contributed by atoms with E-state index in [0.717, 1.165) is 12.3 Å². The van der Waals surface area contributed by atoms with Gasteiger partial charge in [-0.25, -0.2) is 0 Å². The highest BCUT2D eigenvalue weighted by atomic mass is 16.6. The Hall–Kier alpha value is -1.78. The van der Waals surface area contributed by atoms with Crippen LogP contribution in [0.3, 0.4) is 0 Å². The molecule has 1 aliphatic carbocycles. The van der Waals surface area contributed by atoms with Crippen LogP contribution in [0, 0.1) is 16.0 Å². The Balaban J connectivity index is 1.98. The predicted octanol–water partition coefficient (Wildman–Crippen LogP) is 3.17. The first-order valence-electron chi connectivity index (χ1n) is 6.16. The van der Waals surface area contributed by atoms with Crippen LogP contribution in [0.5, 0.6) is 11.5 Å². The molecule has 98 valence electrons. The molecule has 1 aliphatic rings. The van der Waals surface area contributed by atoms with Gasteiger partial charge in [0.1, 0.15) is 0 Å². The van der Waals surface area contributed by atoms with Crippen molar-refractivity contribution in [3.63, 3.8) is 0 Å². The number of hydrogen-bond acceptors (Lipinski definition) is 4. The van der Waals surface area contributed by atoms with Gasteiger partial charge < -0.3 is 9.47 Å². The summed E-state index contributed by atoms with van der Waals surface area (Å²) < 4.78 is 10.7. The number of benzene rings is 1. The number of nitro benzene ring substituents is 1. The van der Waals surface area contributed by atoms with E-state index in [1.807, 2.05) is 0 Å². The SMILES string of the molecule is COc1ccc([N+](=O)[O-])cc1OCCC1CCC1. The van der Waals surface area contributed by atoms with Gasteiger partial charge in [-0.3, -0.25) is 10.1 Å². The lowest BCUT2D eigenvalue weighted by molar-refractivity contribution is -0.385. The second-order valence-corrected chi connectivity index (χ2v) is 4.53. The van der Waals surface area contributed by atoms with Crippen LogP contribution in [0.1, 0.15) is 25.7 Å². The van der Waals surface area contributed by atoms with Crippen LogP contribution in [0.2, 0.25) is 0 Å². The monoisotopic (exact) mass is 251 g/mol. The van der Waals surface area contributed by atoms with Crippen LogP contribution in [-0.2, 0) is 0 Å². The maximum atomic E-state index is 10.7. The summed E-state index contributed by atoms with van der Waals surface area (Å²) in [7, 11) is 1.53. The quantitative estimate of drug-likeness (QED) is 0.575. The molecule has 1 fully saturated rings. The number of nitrogens with zero attached hydrogens (tertiary/aromatic N) is 1. The molecule has 0 unspecified atom stereocenters. The minimum atomic E-state index is -0.432. The number of non-ortho nitro benzene ring substituents is 1. The van der Waals surface area contributed by atoms with E-state index in [1.54, 1.807) is 6.07 Å². The van der Waals surface area contributed by atoms with E-state index in [1.165, 1.54) is 38.5 Å². The highest BCUT2D eigenvalue weighted by Gasteiger charge is 2.18. The third-order valence-electron chi connectivity index (χ3n) is 3.37. The van der Waals surface area contributed by atoms with Crippen molar-refractivity contribution >= 4 is 5.69 Å². The third-order valence-corrected chi connectivity index (χ3v) is 3.37. The Morgan fingerprint density at radius 3 is 2.72 bits per heavy atom. The Bertz CT molecular complexity index is 429. The van der Waals surface area contributed by atoms with E-state index in [4.69, 9.17) is 9.47 Å². The van der Waals surface area contributed by atoms with E-state index < -0.39 is 4.92 Å². The maximum Gasteiger partial charge on any atom is 0.273 e.